The van der Waals surface area contributed by atoms with Gasteiger partial charge in [0, 0.05) is 64.0 Å². The highest BCUT2D eigenvalue weighted by Crippen LogP contribution is 2.19. The molecule has 1 aliphatic rings. The summed E-state index contributed by atoms with van der Waals surface area (Å²) in [6.07, 6.45) is 0.828. The van der Waals surface area contributed by atoms with Crippen molar-refractivity contribution in [3.8, 4) is 0 Å². The Kier molecular flexibility index (Phi) is 7.45. The molecular formula is C26H30FN5O3. The third-order valence-corrected chi connectivity index (χ3v) is 6.43. The molecule has 35 heavy (non-hydrogen) atoms. The van der Waals surface area contributed by atoms with Gasteiger partial charge in [0.2, 0.25) is 0 Å². The number of nitrogens with one attached hydrogen (secondary N) is 1. The molecule has 0 bridgehead atoms. The molecule has 1 aromatic heterocycles. The van der Waals surface area contributed by atoms with Crippen LogP contribution in [0.5, 0.6) is 0 Å². The van der Waals surface area contributed by atoms with E-state index >= 15 is 0 Å². The van der Waals surface area contributed by atoms with Gasteiger partial charge in [0.25, 0.3) is 5.56 Å². The Balaban J connectivity index is 1.24. The number of piperazine rings is 1. The molecule has 2 heterocycles. The van der Waals surface area contributed by atoms with Gasteiger partial charge in [0.15, 0.2) is 5.78 Å². The standard InChI is InChI=1S/C26H30FN5O3/c1-29-23(18-24(33)30(2)26(29)35)32-15-13-31(14-16-32)12-6-11-28-22-10-9-20(17-21(22)27)25(34)19-7-4-3-5-8-19/h3-5,7-10,17-18,28H,6,11-16H2,1-2H3. The fourth-order valence-electron chi connectivity index (χ4n) is 4.31. The van der Waals surface area contributed by atoms with E-state index in [-0.39, 0.29) is 17.0 Å². The van der Waals surface area contributed by atoms with E-state index < -0.39 is 5.82 Å². The van der Waals surface area contributed by atoms with Gasteiger partial charge in [-0.25, -0.2) is 9.18 Å². The second-order valence-corrected chi connectivity index (χ2v) is 8.74. The van der Waals surface area contributed by atoms with E-state index in [1.807, 2.05) is 6.07 Å². The fraction of sp³-hybridized carbons (Fsp3) is 0.346. The number of nitrogens with zero attached hydrogens (tertiary/aromatic N) is 4. The molecule has 0 unspecified atom stereocenters. The Labute approximate surface area is 203 Å². The minimum atomic E-state index is -0.444. The molecule has 1 aliphatic heterocycles. The molecule has 4 rings (SSSR count). The number of hydrogen-bond donors (Lipinski definition) is 1. The monoisotopic (exact) mass is 479 g/mol. The first-order chi connectivity index (χ1) is 16.8. The summed E-state index contributed by atoms with van der Waals surface area (Å²) in [5.41, 5.74) is 0.605. The van der Waals surface area contributed by atoms with Crippen LogP contribution in [0.3, 0.4) is 0 Å². The van der Waals surface area contributed by atoms with E-state index in [9.17, 15) is 18.8 Å². The van der Waals surface area contributed by atoms with Crippen LogP contribution < -0.4 is 21.5 Å². The SMILES string of the molecule is Cn1c(N2CCN(CCCNc3ccc(C(=O)c4ccccc4)cc3F)CC2)cc(=O)n(C)c1=O. The van der Waals surface area contributed by atoms with Gasteiger partial charge in [-0.1, -0.05) is 30.3 Å². The van der Waals surface area contributed by atoms with E-state index in [2.05, 4.69) is 15.1 Å². The van der Waals surface area contributed by atoms with Crippen LogP contribution >= 0.6 is 0 Å². The van der Waals surface area contributed by atoms with Crippen molar-refractivity contribution in [3.63, 3.8) is 0 Å². The molecule has 0 saturated carbocycles. The second-order valence-electron chi connectivity index (χ2n) is 8.74. The van der Waals surface area contributed by atoms with Crippen molar-refractivity contribution in [1.82, 2.24) is 14.0 Å². The Morgan fingerprint density at radius 1 is 0.914 bits per heavy atom. The number of benzene rings is 2. The van der Waals surface area contributed by atoms with Crippen molar-refractivity contribution in [3.05, 3.63) is 92.4 Å². The van der Waals surface area contributed by atoms with E-state index in [4.69, 9.17) is 0 Å². The molecule has 0 atom stereocenters. The lowest BCUT2D eigenvalue weighted by Crippen LogP contribution is -2.49. The van der Waals surface area contributed by atoms with Gasteiger partial charge >= 0.3 is 5.69 Å². The smallest absolute Gasteiger partial charge is 0.332 e. The largest absolute Gasteiger partial charge is 0.383 e. The molecule has 184 valence electrons. The fourth-order valence-corrected chi connectivity index (χ4v) is 4.31. The van der Waals surface area contributed by atoms with Crippen molar-refractivity contribution in [2.45, 2.75) is 6.42 Å². The van der Waals surface area contributed by atoms with Crippen molar-refractivity contribution in [2.24, 2.45) is 14.1 Å². The summed E-state index contributed by atoms with van der Waals surface area (Å²) in [6, 6.07) is 14.9. The first kappa shape index (κ1) is 24.4. The highest BCUT2D eigenvalue weighted by Gasteiger charge is 2.20. The Morgan fingerprint density at radius 2 is 1.63 bits per heavy atom. The number of aromatic nitrogens is 2. The normalized spacial score (nSPS) is 14.2. The van der Waals surface area contributed by atoms with Crippen LogP contribution in [-0.2, 0) is 14.1 Å². The summed E-state index contributed by atoms with van der Waals surface area (Å²) in [4.78, 5) is 41.1. The molecular weight excluding hydrogens is 449 g/mol. The van der Waals surface area contributed by atoms with Crippen LogP contribution in [0.25, 0.3) is 0 Å². The molecule has 2 aromatic carbocycles. The van der Waals surface area contributed by atoms with Crippen molar-refractivity contribution < 1.29 is 9.18 Å². The molecule has 8 nitrogen and oxygen atoms in total. The Bertz CT molecular complexity index is 1310. The molecule has 9 heteroatoms. The lowest BCUT2D eigenvalue weighted by atomic mass is 10.0. The zero-order valence-electron chi connectivity index (χ0n) is 20.0. The van der Waals surface area contributed by atoms with Crippen molar-refractivity contribution in [2.75, 3.05) is 49.5 Å². The molecule has 0 radical (unpaired) electrons. The minimum absolute atomic E-state index is 0.203. The molecule has 0 amide bonds. The Morgan fingerprint density at radius 3 is 2.31 bits per heavy atom. The van der Waals surface area contributed by atoms with Gasteiger partial charge in [-0.15, -0.1) is 0 Å². The van der Waals surface area contributed by atoms with E-state index in [1.54, 1.807) is 43.4 Å². The zero-order valence-corrected chi connectivity index (χ0v) is 20.0. The first-order valence-electron chi connectivity index (χ1n) is 11.7. The number of rotatable bonds is 8. The third kappa shape index (κ3) is 5.51. The molecule has 0 spiro atoms. The lowest BCUT2D eigenvalue weighted by molar-refractivity contribution is 0.103. The van der Waals surface area contributed by atoms with E-state index in [1.165, 1.54) is 23.7 Å². The van der Waals surface area contributed by atoms with Crippen LogP contribution in [0.15, 0.2) is 64.2 Å². The van der Waals surface area contributed by atoms with Crippen LogP contribution in [0, 0.1) is 5.82 Å². The van der Waals surface area contributed by atoms with Crippen molar-refractivity contribution >= 4 is 17.3 Å². The average molecular weight is 480 g/mol. The minimum Gasteiger partial charge on any atom is -0.383 e. The molecule has 1 N–H and O–H groups in total. The maximum atomic E-state index is 14.5. The van der Waals surface area contributed by atoms with Gasteiger partial charge in [-0.05, 0) is 31.2 Å². The third-order valence-electron chi connectivity index (χ3n) is 6.43. The summed E-state index contributed by atoms with van der Waals surface area (Å²) in [7, 11) is 3.16. The molecule has 3 aromatic rings. The summed E-state index contributed by atoms with van der Waals surface area (Å²) in [5.74, 6) is -0.00442. The number of ketones is 1. The molecule has 1 saturated heterocycles. The average Bonchev–Trinajstić information content (AvgIpc) is 2.88. The number of carbonyl (C=O) groups excluding carboxylic acids is 1. The van der Waals surface area contributed by atoms with E-state index in [0.29, 0.717) is 29.2 Å². The van der Waals surface area contributed by atoms with Gasteiger partial charge in [-0.3, -0.25) is 23.6 Å². The topological polar surface area (TPSA) is 79.6 Å². The van der Waals surface area contributed by atoms with Crippen LogP contribution in [0.1, 0.15) is 22.3 Å². The van der Waals surface area contributed by atoms with Crippen molar-refractivity contribution in [1.29, 1.82) is 0 Å². The van der Waals surface area contributed by atoms with Gasteiger partial charge in [0.1, 0.15) is 11.6 Å². The summed E-state index contributed by atoms with van der Waals surface area (Å²) in [6.45, 7) is 4.52. The Hall–Kier alpha value is -3.72. The number of carbonyl (C=O) groups is 1. The quantitative estimate of drug-likeness (QED) is 0.394. The predicted molar refractivity (Wildman–Crippen MR) is 135 cm³/mol. The van der Waals surface area contributed by atoms with Crippen LogP contribution in [0.2, 0.25) is 0 Å². The number of halogens is 1. The summed E-state index contributed by atoms with van der Waals surface area (Å²) >= 11 is 0. The van der Waals surface area contributed by atoms with Gasteiger partial charge < -0.3 is 10.2 Å². The second kappa shape index (κ2) is 10.7. The maximum Gasteiger partial charge on any atom is 0.332 e. The first-order valence-corrected chi connectivity index (χ1v) is 11.7. The number of hydrogen-bond acceptors (Lipinski definition) is 6. The zero-order chi connectivity index (χ0) is 24.9. The molecule has 0 aliphatic carbocycles. The van der Waals surface area contributed by atoms with Crippen LogP contribution in [0.4, 0.5) is 15.9 Å². The van der Waals surface area contributed by atoms with Gasteiger partial charge in [0.05, 0.1) is 5.69 Å². The summed E-state index contributed by atoms with van der Waals surface area (Å²) in [5, 5.41) is 3.12. The maximum absolute atomic E-state index is 14.5. The molecule has 1 fully saturated rings. The van der Waals surface area contributed by atoms with Crippen LogP contribution in [-0.4, -0.2) is 59.1 Å². The predicted octanol–water partition coefficient (Wildman–Crippen LogP) is 2.08. The summed E-state index contributed by atoms with van der Waals surface area (Å²) < 4.78 is 17.2. The lowest BCUT2D eigenvalue weighted by Gasteiger charge is -2.36. The highest BCUT2D eigenvalue weighted by molar-refractivity contribution is 6.09. The van der Waals surface area contributed by atoms with Gasteiger partial charge in [-0.2, -0.15) is 0 Å². The number of anilines is 2. The highest BCUT2D eigenvalue weighted by atomic mass is 19.1. The van der Waals surface area contributed by atoms with E-state index in [0.717, 1.165) is 43.7 Å².